The molecule has 42 heavy (non-hydrogen) atoms. The van der Waals surface area contributed by atoms with Crippen molar-refractivity contribution in [3.05, 3.63) is 92.4 Å². The van der Waals surface area contributed by atoms with E-state index in [1.54, 1.807) is 54.6 Å². The number of aryl methyl sites for hydroxylation is 1. The third-order valence-corrected chi connectivity index (χ3v) is 10.3. The number of carbonyl (C=O) groups is 2. The second-order valence-corrected chi connectivity index (χ2v) is 14.1. The second kappa shape index (κ2) is 14.3. The van der Waals surface area contributed by atoms with Crippen molar-refractivity contribution in [3.8, 4) is 0 Å². The van der Waals surface area contributed by atoms with E-state index >= 15 is 0 Å². The molecule has 3 aromatic carbocycles. The molecule has 1 fully saturated rings. The summed E-state index contributed by atoms with van der Waals surface area (Å²) in [6.45, 7) is 3.19. The third kappa shape index (κ3) is 7.86. The van der Waals surface area contributed by atoms with Crippen molar-refractivity contribution in [2.45, 2.75) is 69.5 Å². The lowest BCUT2D eigenvalue weighted by Crippen LogP contribution is -2.53. The summed E-state index contributed by atoms with van der Waals surface area (Å²) in [5, 5.41) is 3.90. The standard InChI is InChI=1S/C31H34BrCl2N3O4S/c1-3-29(31(39)35-25-6-4-5-7-25)36(19-22-10-13-24(33)18-28(22)34)30(38)20-37(26-14-11-23(32)12-15-26)42(40,41)27-16-8-21(2)9-17-27/h8-18,25,29H,3-7,19-20H2,1-2H3,(H,35,39)/t29-/m0/s1. The Hall–Kier alpha value is -2.59. The van der Waals surface area contributed by atoms with Crippen LogP contribution in [-0.4, -0.2) is 43.8 Å². The van der Waals surface area contributed by atoms with E-state index in [1.165, 1.54) is 17.0 Å². The van der Waals surface area contributed by atoms with Crippen molar-refractivity contribution < 1.29 is 18.0 Å². The van der Waals surface area contributed by atoms with Gasteiger partial charge in [0.05, 0.1) is 10.6 Å². The molecule has 7 nitrogen and oxygen atoms in total. The number of benzene rings is 3. The molecule has 0 spiro atoms. The van der Waals surface area contributed by atoms with Crippen LogP contribution in [0.5, 0.6) is 0 Å². The largest absolute Gasteiger partial charge is 0.352 e. The van der Waals surface area contributed by atoms with Gasteiger partial charge in [0.2, 0.25) is 11.8 Å². The molecule has 1 saturated carbocycles. The molecule has 1 atom stereocenters. The summed E-state index contributed by atoms with van der Waals surface area (Å²) >= 11 is 16.0. The highest BCUT2D eigenvalue weighted by molar-refractivity contribution is 9.10. The van der Waals surface area contributed by atoms with Crippen LogP contribution in [0, 0.1) is 6.92 Å². The highest BCUT2D eigenvalue weighted by Gasteiger charge is 2.34. The van der Waals surface area contributed by atoms with Crippen molar-refractivity contribution in [2.24, 2.45) is 0 Å². The topological polar surface area (TPSA) is 86.8 Å². The average Bonchev–Trinajstić information content (AvgIpc) is 3.46. The number of rotatable bonds is 11. The molecule has 2 amide bonds. The zero-order chi connectivity index (χ0) is 30.4. The fourth-order valence-corrected chi connectivity index (χ4v) is 7.24. The van der Waals surface area contributed by atoms with Crippen molar-refractivity contribution in [1.82, 2.24) is 10.2 Å². The summed E-state index contributed by atoms with van der Waals surface area (Å²) in [5.74, 6) is -0.799. The van der Waals surface area contributed by atoms with Gasteiger partial charge in [0, 0.05) is 27.1 Å². The summed E-state index contributed by atoms with van der Waals surface area (Å²) in [4.78, 5) is 29.2. The molecule has 3 aromatic rings. The van der Waals surface area contributed by atoms with Crippen LogP contribution in [0.1, 0.15) is 50.2 Å². The molecule has 0 aromatic heterocycles. The predicted molar refractivity (Wildman–Crippen MR) is 171 cm³/mol. The van der Waals surface area contributed by atoms with Gasteiger partial charge in [-0.15, -0.1) is 0 Å². The molecular weight excluding hydrogens is 661 g/mol. The van der Waals surface area contributed by atoms with Crippen LogP contribution in [0.3, 0.4) is 0 Å². The Morgan fingerprint density at radius 2 is 1.64 bits per heavy atom. The van der Waals surface area contributed by atoms with Crippen LogP contribution in [0.2, 0.25) is 10.0 Å². The van der Waals surface area contributed by atoms with E-state index in [0.717, 1.165) is 40.0 Å². The van der Waals surface area contributed by atoms with Gasteiger partial charge in [0.25, 0.3) is 10.0 Å². The van der Waals surface area contributed by atoms with Gasteiger partial charge in [-0.05, 0) is 80.3 Å². The molecule has 1 aliphatic rings. The molecule has 0 saturated heterocycles. The van der Waals surface area contributed by atoms with Gasteiger partial charge in [-0.1, -0.05) is 82.7 Å². The molecule has 4 rings (SSSR count). The van der Waals surface area contributed by atoms with Crippen molar-refractivity contribution in [2.75, 3.05) is 10.8 Å². The smallest absolute Gasteiger partial charge is 0.264 e. The molecular formula is C31H34BrCl2N3O4S. The van der Waals surface area contributed by atoms with Gasteiger partial charge in [-0.3, -0.25) is 13.9 Å². The van der Waals surface area contributed by atoms with Crippen molar-refractivity contribution in [1.29, 1.82) is 0 Å². The molecule has 0 unspecified atom stereocenters. The molecule has 11 heteroatoms. The normalized spacial score (nSPS) is 14.4. The fourth-order valence-electron chi connectivity index (χ4n) is 5.09. The average molecular weight is 696 g/mol. The van der Waals surface area contributed by atoms with Crippen molar-refractivity contribution in [3.63, 3.8) is 0 Å². The number of hydrogen-bond acceptors (Lipinski definition) is 4. The Morgan fingerprint density at radius 1 is 1.00 bits per heavy atom. The first-order chi connectivity index (χ1) is 20.0. The summed E-state index contributed by atoms with van der Waals surface area (Å²) in [5.41, 5.74) is 1.82. The van der Waals surface area contributed by atoms with Gasteiger partial charge in [0.1, 0.15) is 12.6 Å². The Kier molecular flexibility index (Phi) is 11.0. The molecule has 224 valence electrons. The Bertz CT molecular complexity index is 1510. The van der Waals surface area contributed by atoms with Crippen LogP contribution < -0.4 is 9.62 Å². The van der Waals surface area contributed by atoms with E-state index in [9.17, 15) is 18.0 Å². The van der Waals surface area contributed by atoms with Gasteiger partial charge < -0.3 is 10.2 Å². The van der Waals surface area contributed by atoms with Gasteiger partial charge in [-0.2, -0.15) is 0 Å². The molecule has 1 aliphatic carbocycles. The van der Waals surface area contributed by atoms with Crippen LogP contribution >= 0.6 is 39.1 Å². The number of halogens is 3. The molecule has 1 N–H and O–H groups in total. The minimum absolute atomic E-state index is 0.00415. The number of hydrogen-bond donors (Lipinski definition) is 1. The SMILES string of the molecule is CC[C@@H](C(=O)NC1CCCC1)N(Cc1ccc(Cl)cc1Cl)C(=O)CN(c1ccc(Br)cc1)S(=O)(=O)c1ccc(C)cc1. The number of nitrogens with one attached hydrogen (secondary N) is 1. The first kappa shape index (κ1) is 32.3. The summed E-state index contributed by atoms with van der Waals surface area (Å²) in [6, 6.07) is 17.3. The van der Waals surface area contributed by atoms with E-state index < -0.39 is 28.5 Å². The summed E-state index contributed by atoms with van der Waals surface area (Å²) in [6.07, 6.45) is 4.21. The monoisotopic (exact) mass is 693 g/mol. The van der Waals surface area contributed by atoms with E-state index in [1.807, 2.05) is 13.8 Å². The lowest BCUT2D eigenvalue weighted by Gasteiger charge is -2.34. The number of amides is 2. The number of nitrogens with zero attached hydrogens (tertiary/aromatic N) is 2. The summed E-state index contributed by atoms with van der Waals surface area (Å²) < 4.78 is 29.8. The maximum absolute atomic E-state index is 14.2. The molecule has 0 radical (unpaired) electrons. The van der Waals surface area contributed by atoms with Gasteiger partial charge in [0.15, 0.2) is 0 Å². The van der Waals surface area contributed by atoms with Crippen LogP contribution in [0.15, 0.2) is 76.1 Å². The summed E-state index contributed by atoms with van der Waals surface area (Å²) in [7, 11) is -4.14. The van der Waals surface area contributed by atoms with Crippen LogP contribution in [-0.2, 0) is 26.2 Å². The zero-order valence-electron chi connectivity index (χ0n) is 23.5. The zero-order valence-corrected chi connectivity index (χ0v) is 27.4. The van der Waals surface area contributed by atoms with E-state index in [4.69, 9.17) is 23.2 Å². The predicted octanol–water partition coefficient (Wildman–Crippen LogP) is 7.13. The second-order valence-electron chi connectivity index (χ2n) is 10.5. The quantitative estimate of drug-likeness (QED) is 0.232. The van der Waals surface area contributed by atoms with Crippen LogP contribution in [0.25, 0.3) is 0 Å². The minimum Gasteiger partial charge on any atom is -0.352 e. The number of sulfonamides is 1. The minimum atomic E-state index is -4.14. The van der Waals surface area contributed by atoms with Crippen molar-refractivity contribution >= 4 is 66.7 Å². The van der Waals surface area contributed by atoms with E-state index in [-0.39, 0.29) is 23.4 Å². The lowest BCUT2D eigenvalue weighted by atomic mass is 10.1. The maximum Gasteiger partial charge on any atom is 0.264 e. The third-order valence-electron chi connectivity index (χ3n) is 7.45. The molecule has 0 bridgehead atoms. The Balaban J connectivity index is 1.73. The van der Waals surface area contributed by atoms with E-state index in [2.05, 4.69) is 21.2 Å². The highest BCUT2D eigenvalue weighted by atomic mass is 79.9. The Labute approximate surface area is 266 Å². The molecule has 0 aliphatic heterocycles. The fraction of sp³-hybridized carbons (Fsp3) is 0.355. The number of anilines is 1. The number of carbonyl (C=O) groups excluding carboxylic acids is 2. The lowest BCUT2D eigenvalue weighted by molar-refractivity contribution is -0.140. The first-order valence-corrected chi connectivity index (χ1v) is 16.9. The van der Waals surface area contributed by atoms with E-state index in [0.29, 0.717) is 27.7 Å². The van der Waals surface area contributed by atoms with Crippen LogP contribution in [0.4, 0.5) is 5.69 Å². The molecule has 0 heterocycles. The highest BCUT2D eigenvalue weighted by Crippen LogP contribution is 2.28. The maximum atomic E-state index is 14.2. The van der Waals surface area contributed by atoms with Gasteiger partial charge >= 0.3 is 0 Å². The van der Waals surface area contributed by atoms with Gasteiger partial charge in [-0.25, -0.2) is 8.42 Å². The Morgan fingerprint density at radius 3 is 2.24 bits per heavy atom. The first-order valence-electron chi connectivity index (χ1n) is 13.9.